The van der Waals surface area contributed by atoms with Gasteiger partial charge in [-0.1, -0.05) is 68.9 Å². The Kier molecular flexibility index (Phi) is 14.8. The molecule has 2 saturated heterocycles. The van der Waals surface area contributed by atoms with Crippen molar-refractivity contribution in [3.63, 3.8) is 0 Å². The third-order valence-corrected chi connectivity index (χ3v) is 8.98. The van der Waals surface area contributed by atoms with Crippen LogP contribution < -0.4 is 0 Å². The molecule has 0 radical (unpaired) electrons. The molecule has 2 aliphatic heterocycles. The highest BCUT2D eigenvalue weighted by Crippen LogP contribution is 2.41. The van der Waals surface area contributed by atoms with E-state index in [1.165, 1.54) is 0 Å². The van der Waals surface area contributed by atoms with Crippen LogP contribution in [0.1, 0.15) is 67.2 Å². The number of carbonyl (C=O) groups excluding carboxylic acids is 3. The minimum atomic E-state index is -1.88. The van der Waals surface area contributed by atoms with E-state index in [2.05, 4.69) is 6.58 Å². The van der Waals surface area contributed by atoms with Gasteiger partial charge in [0.1, 0.15) is 49.3 Å². The van der Waals surface area contributed by atoms with Gasteiger partial charge in [0, 0.05) is 6.42 Å². The number of ketones is 1. The Bertz CT molecular complexity index is 1360. The van der Waals surface area contributed by atoms with Crippen LogP contribution >= 0.6 is 0 Å². The molecule has 0 amide bonds. The molecule has 0 spiro atoms. The summed E-state index contributed by atoms with van der Waals surface area (Å²) in [5.74, 6) is -1.99. The fourth-order valence-electron chi connectivity index (χ4n) is 6.04. The Morgan fingerprint density at radius 3 is 2.22 bits per heavy atom. The summed E-state index contributed by atoms with van der Waals surface area (Å²) in [6.07, 6.45) is -7.62. The van der Waals surface area contributed by atoms with E-state index in [0.29, 0.717) is 5.57 Å². The first-order chi connectivity index (χ1) is 23.4. The van der Waals surface area contributed by atoms with Crippen molar-refractivity contribution < 1.29 is 68.7 Å². The van der Waals surface area contributed by atoms with E-state index in [9.17, 15) is 45.0 Å². The average Bonchev–Trinajstić information content (AvgIpc) is 3.05. The third kappa shape index (κ3) is 10.5. The number of aliphatic hydroxyl groups excluding tert-OH is 6. The molecule has 1 aliphatic carbocycles. The number of ether oxygens (including phenoxy) is 5. The Hall–Kier alpha value is -3.05. The normalized spacial score (nSPS) is 35.1. The first-order valence-electron chi connectivity index (χ1n) is 16.7. The van der Waals surface area contributed by atoms with E-state index in [4.69, 9.17) is 23.7 Å². The molecule has 0 aromatic rings. The number of carbonyl (C=O) groups is 3. The van der Waals surface area contributed by atoms with E-state index >= 15 is 0 Å². The van der Waals surface area contributed by atoms with Crippen molar-refractivity contribution in [2.24, 2.45) is 5.41 Å². The van der Waals surface area contributed by atoms with Gasteiger partial charge in [-0.05, 0) is 43.8 Å². The molecule has 280 valence electrons. The summed E-state index contributed by atoms with van der Waals surface area (Å²) in [6, 6.07) is 0. The van der Waals surface area contributed by atoms with Crippen molar-refractivity contribution in [1.29, 1.82) is 0 Å². The largest absolute Gasteiger partial charge is 0.463 e. The number of esters is 2. The van der Waals surface area contributed by atoms with Gasteiger partial charge >= 0.3 is 11.9 Å². The molecule has 0 aromatic carbocycles. The highest BCUT2D eigenvalue weighted by molar-refractivity contribution is 6.01. The van der Waals surface area contributed by atoms with Crippen LogP contribution in [0, 0.1) is 5.41 Å². The van der Waals surface area contributed by atoms with Gasteiger partial charge in [0.25, 0.3) is 0 Å². The maximum Gasteiger partial charge on any atom is 0.307 e. The number of Topliss-reactive ketones (excluding diaryl/α,β-unsaturated/α-hetero) is 1. The third-order valence-electron chi connectivity index (χ3n) is 8.98. The fraction of sp³-hybridized carbons (Fsp3) is 0.639. The lowest BCUT2D eigenvalue weighted by Crippen LogP contribution is -2.64. The molecule has 6 N–H and O–H groups in total. The van der Waals surface area contributed by atoms with E-state index in [1.54, 1.807) is 13.8 Å². The van der Waals surface area contributed by atoms with Gasteiger partial charge in [-0.25, -0.2) is 0 Å². The van der Waals surface area contributed by atoms with Crippen molar-refractivity contribution in [3.05, 3.63) is 59.3 Å². The minimum Gasteiger partial charge on any atom is -0.463 e. The van der Waals surface area contributed by atoms with Crippen molar-refractivity contribution in [2.45, 2.75) is 135 Å². The van der Waals surface area contributed by atoms with Gasteiger partial charge < -0.3 is 54.3 Å². The lowest BCUT2D eigenvalue weighted by atomic mass is 9.71. The summed E-state index contributed by atoms with van der Waals surface area (Å²) < 4.78 is 27.2. The second kappa shape index (κ2) is 17.9. The first-order valence-corrected chi connectivity index (χ1v) is 16.7. The zero-order valence-corrected chi connectivity index (χ0v) is 29.4. The van der Waals surface area contributed by atoms with Crippen LogP contribution in [-0.2, 0) is 38.1 Å². The van der Waals surface area contributed by atoms with E-state index in [1.807, 2.05) is 58.1 Å². The monoisotopic (exact) mass is 708 g/mol. The topological polar surface area (TPSA) is 219 Å². The van der Waals surface area contributed by atoms with E-state index in [-0.39, 0.29) is 18.6 Å². The number of hydrogen-bond donors (Lipinski definition) is 6. The molecular weight excluding hydrogens is 656 g/mol. The lowest BCUT2D eigenvalue weighted by Gasteiger charge is -2.45. The van der Waals surface area contributed by atoms with Crippen LogP contribution in [0.2, 0.25) is 0 Å². The van der Waals surface area contributed by atoms with Gasteiger partial charge in [-0.2, -0.15) is 0 Å². The Labute approximate surface area is 292 Å². The lowest BCUT2D eigenvalue weighted by molar-refractivity contribution is -0.353. The highest BCUT2D eigenvalue weighted by Gasteiger charge is 2.50. The number of allylic oxidation sites excluding steroid dienone is 8. The zero-order chi connectivity index (χ0) is 37.5. The van der Waals surface area contributed by atoms with Crippen LogP contribution in [0.3, 0.4) is 0 Å². The summed E-state index contributed by atoms with van der Waals surface area (Å²) in [4.78, 5) is 38.5. The predicted octanol–water partition coefficient (Wildman–Crippen LogP) is 1.21. The van der Waals surface area contributed by atoms with Crippen LogP contribution in [-0.4, -0.2) is 122 Å². The fourth-order valence-corrected chi connectivity index (χ4v) is 6.04. The molecule has 2 heterocycles. The summed E-state index contributed by atoms with van der Waals surface area (Å²) in [7, 11) is 0. The number of aliphatic hydroxyl groups is 6. The maximum absolute atomic E-state index is 13.2. The summed E-state index contributed by atoms with van der Waals surface area (Å²) >= 11 is 0. The summed E-state index contributed by atoms with van der Waals surface area (Å²) in [6.45, 7) is 14.3. The Morgan fingerprint density at radius 2 is 1.58 bits per heavy atom. The Balaban J connectivity index is 1.57. The van der Waals surface area contributed by atoms with Crippen molar-refractivity contribution in [1.82, 2.24) is 0 Å². The number of hydrogen-bond acceptors (Lipinski definition) is 14. The number of rotatable bonds is 13. The molecule has 0 saturated carbocycles. The molecule has 11 atom stereocenters. The second-order valence-corrected chi connectivity index (χ2v) is 13.7. The molecule has 50 heavy (non-hydrogen) atoms. The molecule has 14 heteroatoms. The highest BCUT2D eigenvalue weighted by atomic mass is 16.7. The predicted molar refractivity (Wildman–Crippen MR) is 178 cm³/mol. The molecule has 2 fully saturated rings. The Morgan fingerprint density at radius 1 is 0.920 bits per heavy atom. The van der Waals surface area contributed by atoms with Gasteiger partial charge in [0.05, 0.1) is 18.9 Å². The minimum absolute atomic E-state index is 0.239. The van der Waals surface area contributed by atoms with E-state index < -0.39 is 104 Å². The zero-order valence-electron chi connectivity index (χ0n) is 29.4. The van der Waals surface area contributed by atoms with Crippen molar-refractivity contribution >= 4 is 17.7 Å². The SMILES string of the molecule is C=C(C)/C=C/C=C(C)/C=C/C1=C(C)C(=O)C(OC(=O)CCC(=O)OCC2OC(O)C(O)C(O)C2OC2OC(CC)C(O)C(O)C2O)CC1(C)C. The first kappa shape index (κ1) is 41.4. The molecule has 0 aromatic heterocycles. The molecule has 11 unspecified atom stereocenters. The quantitative estimate of drug-likeness (QED) is 0.117. The molecule has 14 nitrogen and oxygen atoms in total. The van der Waals surface area contributed by atoms with Crippen LogP contribution in [0.25, 0.3) is 0 Å². The molecule has 3 rings (SSSR count). The average molecular weight is 709 g/mol. The van der Waals surface area contributed by atoms with Gasteiger partial charge in [0.2, 0.25) is 0 Å². The standard InChI is InChI=1S/C36H52O14/c1-8-22-28(40)29(41)32(44)35(49-22)50-33-24(48-34(45)31(43)30(33)42)17-46-25(37)14-15-26(38)47-23-16-36(6,7)21(20(5)27(23)39)13-12-19(4)11-9-10-18(2)3/h9-13,22-24,28-35,40-45H,2,8,14-17H2,1,3-7H3/b10-9+,13-12+,19-11+. The van der Waals surface area contributed by atoms with Crippen molar-refractivity contribution in [2.75, 3.05) is 6.61 Å². The van der Waals surface area contributed by atoms with Crippen molar-refractivity contribution in [3.8, 4) is 0 Å². The molecular formula is C36H52O14. The molecule has 0 bridgehead atoms. The summed E-state index contributed by atoms with van der Waals surface area (Å²) in [5.41, 5.74) is 2.70. The smallest absolute Gasteiger partial charge is 0.307 e. The van der Waals surface area contributed by atoms with Gasteiger partial charge in [-0.3, -0.25) is 14.4 Å². The van der Waals surface area contributed by atoms with Crippen LogP contribution in [0.5, 0.6) is 0 Å². The van der Waals surface area contributed by atoms with Gasteiger partial charge in [0.15, 0.2) is 24.5 Å². The van der Waals surface area contributed by atoms with Crippen LogP contribution in [0.15, 0.2) is 59.3 Å². The molecule has 3 aliphatic rings. The second-order valence-electron chi connectivity index (χ2n) is 13.7. The maximum atomic E-state index is 13.2. The van der Waals surface area contributed by atoms with E-state index in [0.717, 1.165) is 16.7 Å². The van der Waals surface area contributed by atoms with Crippen LogP contribution in [0.4, 0.5) is 0 Å². The summed E-state index contributed by atoms with van der Waals surface area (Å²) in [5, 5.41) is 61.6. The van der Waals surface area contributed by atoms with Gasteiger partial charge in [-0.15, -0.1) is 0 Å².